The molecule has 5 heteroatoms. The van der Waals surface area contributed by atoms with Gasteiger partial charge in [-0.25, -0.2) is 0 Å². The highest BCUT2D eigenvalue weighted by Gasteiger charge is 2.42. The minimum atomic E-state index is -1.06. The van der Waals surface area contributed by atoms with E-state index in [2.05, 4.69) is 20.8 Å². The monoisotopic (exact) mass is 328 g/mol. The zero-order chi connectivity index (χ0) is 17.0. The molecule has 2 fully saturated rings. The predicted octanol–water partition coefficient (Wildman–Crippen LogP) is 2.46. The number of ether oxygens (including phenoxy) is 4. The molecule has 134 valence electrons. The molecule has 0 amide bonds. The van der Waals surface area contributed by atoms with Gasteiger partial charge in [0.1, 0.15) is 17.8 Å². The lowest BCUT2D eigenvalue weighted by molar-refractivity contribution is -0.175. The van der Waals surface area contributed by atoms with Crippen LogP contribution in [0, 0.1) is 0 Å². The van der Waals surface area contributed by atoms with Gasteiger partial charge in [-0.1, -0.05) is 18.1 Å². The number of allylic oxidation sites excluding steroid dienone is 1. The molecule has 1 N–H and O–H groups in total. The Morgan fingerprint density at radius 2 is 1.57 bits per heavy atom. The summed E-state index contributed by atoms with van der Waals surface area (Å²) in [5.41, 5.74) is 1.44. The first-order valence-corrected chi connectivity index (χ1v) is 8.66. The normalized spacial score (nSPS) is 27.9. The van der Waals surface area contributed by atoms with Crippen molar-refractivity contribution in [1.82, 2.24) is 0 Å². The number of hydrogen-bond acceptors (Lipinski definition) is 5. The van der Waals surface area contributed by atoms with Gasteiger partial charge in [-0.05, 0) is 40.5 Å². The van der Waals surface area contributed by atoms with Crippen LogP contribution in [0.2, 0.25) is 0 Å². The third kappa shape index (κ3) is 5.84. The van der Waals surface area contributed by atoms with Gasteiger partial charge >= 0.3 is 0 Å². The molecule has 5 nitrogen and oxygen atoms in total. The minimum Gasteiger partial charge on any atom is -0.385 e. The van der Waals surface area contributed by atoms with Gasteiger partial charge in [0.25, 0.3) is 0 Å². The van der Waals surface area contributed by atoms with Crippen molar-refractivity contribution in [3.63, 3.8) is 0 Å². The van der Waals surface area contributed by atoms with Crippen molar-refractivity contribution < 1.29 is 24.1 Å². The molecule has 0 radical (unpaired) electrons. The Balaban J connectivity index is 2.02. The van der Waals surface area contributed by atoms with E-state index in [1.807, 2.05) is 13.8 Å². The highest BCUT2D eigenvalue weighted by atomic mass is 16.6. The number of aliphatic hydroxyl groups is 1. The van der Waals surface area contributed by atoms with Gasteiger partial charge in [-0.15, -0.1) is 0 Å². The van der Waals surface area contributed by atoms with Gasteiger partial charge in [0.2, 0.25) is 0 Å². The fraction of sp³-hybridized carbons (Fsp3) is 0.889. The standard InChI is InChI=1S/C18H32O5/c1-6-16(22-10-14-8-20-14)18(5,19)17(7-13(4)12(2)3)23-11-15-9-21-15/h14-17,19H,6-11H2,1-5H3. The van der Waals surface area contributed by atoms with Crippen LogP contribution in [-0.2, 0) is 18.9 Å². The van der Waals surface area contributed by atoms with Crippen molar-refractivity contribution in [2.45, 2.75) is 77.5 Å². The molecular weight excluding hydrogens is 296 g/mol. The first kappa shape index (κ1) is 18.9. The summed E-state index contributed by atoms with van der Waals surface area (Å²) < 4.78 is 22.4. The topological polar surface area (TPSA) is 63.8 Å². The van der Waals surface area contributed by atoms with E-state index in [0.717, 1.165) is 19.6 Å². The van der Waals surface area contributed by atoms with Crippen LogP contribution in [-0.4, -0.2) is 61.6 Å². The molecule has 0 aliphatic carbocycles. The zero-order valence-electron chi connectivity index (χ0n) is 15.1. The average Bonchev–Trinajstić information content (AvgIpc) is 3.36. The maximum atomic E-state index is 11.2. The first-order chi connectivity index (χ1) is 10.8. The van der Waals surface area contributed by atoms with Gasteiger partial charge in [-0.3, -0.25) is 0 Å². The third-order valence-electron chi connectivity index (χ3n) is 4.79. The van der Waals surface area contributed by atoms with Gasteiger partial charge < -0.3 is 24.1 Å². The average molecular weight is 328 g/mol. The smallest absolute Gasteiger partial charge is 0.114 e. The van der Waals surface area contributed by atoms with Crippen molar-refractivity contribution in [2.24, 2.45) is 0 Å². The van der Waals surface area contributed by atoms with Crippen LogP contribution in [0.1, 0.15) is 47.5 Å². The molecule has 0 aromatic carbocycles. The minimum absolute atomic E-state index is 0.182. The van der Waals surface area contributed by atoms with E-state index in [1.165, 1.54) is 11.1 Å². The molecule has 5 unspecified atom stereocenters. The summed E-state index contributed by atoms with van der Waals surface area (Å²) in [6.07, 6.45) is 1.21. The summed E-state index contributed by atoms with van der Waals surface area (Å²) in [5, 5.41) is 11.2. The number of rotatable bonds is 11. The van der Waals surface area contributed by atoms with Crippen LogP contribution in [0.3, 0.4) is 0 Å². The van der Waals surface area contributed by atoms with Gasteiger partial charge in [0, 0.05) is 0 Å². The summed E-state index contributed by atoms with van der Waals surface area (Å²) in [4.78, 5) is 0. The molecule has 2 heterocycles. The van der Waals surface area contributed by atoms with E-state index in [1.54, 1.807) is 0 Å². The Hall–Kier alpha value is -0.460. The summed E-state index contributed by atoms with van der Waals surface area (Å²) in [7, 11) is 0. The second-order valence-electron chi connectivity index (χ2n) is 7.17. The Labute approximate surface area is 139 Å². The Morgan fingerprint density at radius 1 is 1.09 bits per heavy atom. The lowest BCUT2D eigenvalue weighted by Gasteiger charge is -2.39. The molecule has 2 aliphatic heterocycles. The molecule has 0 bridgehead atoms. The first-order valence-electron chi connectivity index (χ1n) is 8.66. The quantitative estimate of drug-likeness (QED) is 0.466. The highest BCUT2D eigenvalue weighted by molar-refractivity contribution is 5.10. The zero-order valence-corrected chi connectivity index (χ0v) is 15.1. The van der Waals surface area contributed by atoms with Crippen molar-refractivity contribution in [3.8, 4) is 0 Å². The molecule has 0 spiro atoms. The van der Waals surface area contributed by atoms with Crippen LogP contribution in [0.4, 0.5) is 0 Å². The molecule has 2 aliphatic rings. The van der Waals surface area contributed by atoms with Crippen molar-refractivity contribution in [2.75, 3.05) is 26.4 Å². The van der Waals surface area contributed by atoms with E-state index in [-0.39, 0.29) is 24.4 Å². The maximum Gasteiger partial charge on any atom is 0.114 e. The Morgan fingerprint density at radius 3 is 1.96 bits per heavy atom. The SMILES string of the molecule is CCC(OCC1CO1)C(C)(O)C(CC(C)=C(C)C)OCC1CO1. The van der Waals surface area contributed by atoms with Gasteiger partial charge in [0.15, 0.2) is 0 Å². The predicted molar refractivity (Wildman–Crippen MR) is 88.5 cm³/mol. The van der Waals surface area contributed by atoms with Crippen molar-refractivity contribution >= 4 is 0 Å². The maximum absolute atomic E-state index is 11.2. The largest absolute Gasteiger partial charge is 0.385 e. The highest BCUT2D eigenvalue weighted by Crippen LogP contribution is 2.30. The van der Waals surface area contributed by atoms with E-state index in [0.29, 0.717) is 19.6 Å². The summed E-state index contributed by atoms with van der Waals surface area (Å²) in [6, 6.07) is 0. The van der Waals surface area contributed by atoms with E-state index in [9.17, 15) is 5.11 Å². The third-order valence-corrected chi connectivity index (χ3v) is 4.79. The van der Waals surface area contributed by atoms with E-state index >= 15 is 0 Å². The van der Waals surface area contributed by atoms with Gasteiger partial charge in [0.05, 0.1) is 38.6 Å². The molecule has 2 saturated heterocycles. The van der Waals surface area contributed by atoms with Gasteiger partial charge in [-0.2, -0.15) is 0 Å². The lowest BCUT2D eigenvalue weighted by Crippen LogP contribution is -2.52. The molecule has 0 aromatic heterocycles. The van der Waals surface area contributed by atoms with Crippen LogP contribution in [0.15, 0.2) is 11.1 Å². The molecular formula is C18H32O5. The second kappa shape index (κ2) is 8.08. The van der Waals surface area contributed by atoms with E-state index < -0.39 is 5.60 Å². The molecule has 23 heavy (non-hydrogen) atoms. The number of epoxide rings is 2. The van der Waals surface area contributed by atoms with Crippen LogP contribution < -0.4 is 0 Å². The Kier molecular flexibility index (Phi) is 6.63. The van der Waals surface area contributed by atoms with Crippen LogP contribution >= 0.6 is 0 Å². The molecule has 5 atom stereocenters. The van der Waals surface area contributed by atoms with Crippen LogP contribution in [0.25, 0.3) is 0 Å². The molecule has 0 aromatic rings. The lowest BCUT2D eigenvalue weighted by atomic mass is 9.86. The van der Waals surface area contributed by atoms with Crippen LogP contribution in [0.5, 0.6) is 0 Å². The fourth-order valence-corrected chi connectivity index (χ4v) is 2.60. The summed E-state index contributed by atoms with van der Waals surface area (Å²) in [5.74, 6) is 0. The molecule has 0 saturated carbocycles. The second-order valence-corrected chi connectivity index (χ2v) is 7.17. The van der Waals surface area contributed by atoms with Crippen molar-refractivity contribution in [1.29, 1.82) is 0 Å². The molecule has 2 rings (SSSR count). The fourth-order valence-electron chi connectivity index (χ4n) is 2.60. The number of hydrogen-bond donors (Lipinski definition) is 1. The summed E-state index contributed by atoms with van der Waals surface area (Å²) >= 11 is 0. The van der Waals surface area contributed by atoms with Crippen molar-refractivity contribution in [3.05, 3.63) is 11.1 Å². The Bertz CT molecular complexity index is 406. The van der Waals surface area contributed by atoms with E-state index in [4.69, 9.17) is 18.9 Å². The summed E-state index contributed by atoms with van der Waals surface area (Å²) in [6.45, 7) is 12.7.